The van der Waals surface area contributed by atoms with E-state index in [1.807, 2.05) is 23.9 Å². The Balaban J connectivity index is 2.59. The van der Waals surface area contributed by atoms with E-state index in [0.29, 0.717) is 6.04 Å². The second-order valence-corrected chi connectivity index (χ2v) is 5.12. The highest BCUT2D eigenvalue weighted by molar-refractivity contribution is 7.98. The van der Waals surface area contributed by atoms with Crippen LogP contribution < -0.4 is 14.8 Å². The minimum absolute atomic E-state index is 0.326. The van der Waals surface area contributed by atoms with Gasteiger partial charge in [-0.1, -0.05) is 6.07 Å². The average molecular weight is 269 g/mol. The first-order chi connectivity index (χ1) is 8.72. The standard InChI is InChI=1S/C14H23NO2S/c1-11(15-8-5-9-18-4)12-6-7-13(16-2)14(10-12)17-3/h6-7,10-11,15H,5,8-9H2,1-4H3. The molecule has 0 saturated heterocycles. The van der Waals surface area contributed by atoms with Crippen molar-refractivity contribution >= 4 is 11.8 Å². The monoisotopic (exact) mass is 269 g/mol. The molecule has 1 atom stereocenters. The maximum Gasteiger partial charge on any atom is 0.161 e. The van der Waals surface area contributed by atoms with E-state index >= 15 is 0 Å². The van der Waals surface area contributed by atoms with Crippen LogP contribution in [0.3, 0.4) is 0 Å². The van der Waals surface area contributed by atoms with Gasteiger partial charge in [-0.05, 0) is 49.6 Å². The number of ether oxygens (including phenoxy) is 2. The fourth-order valence-electron chi connectivity index (χ4n) is 1.78. The number of methoxy groups -OCH3 is 2. The van der Waals surface area contributed by atoms with Crippen LogP contribution in [-0.2, 0) is 0 Å². The first kappa shape index (κ1) is 15.2. The highest BCUT2D eigenvalue weighted by Crippen LogP contribution is 2.29. The van der Waals surface area contributed by atoms with Gasteiger partial charge in [0.05, 0.1) is 14.2 Å². The summed E-state index contributed by atoms with van der Waals surface area (Å²) in [5.74, 6) is 2.76. The number of thioether (sulfide) groups is 1. The van der Waals surface area contributed by atoms with Crippen LogP contribution in [0.1, 0.15) is 24.9 Å². The normalized spacial score (nSPS) is 12.2. The molecule has 1 aromatic carbocycles. The molecule has 4 heteroatoms. The molecule has 0 radical (unpaired) electrons. The van der Waals surface area contributed by atoms with Crippen LogP contribution in [0.2, 0.25) is 0 Å². The maximum atomic E-state index is 5.31. The van der Waals surface area contributed by atoms with E-state index in [0.717, 1.165) is 18.0 Å². The molecule has 3 nitrogen and oxygen atoms in total. The Hall–Kier alpha value is -0.870. The van der Waals surface area contributed by atoms with Crippen molar-refractivity contribution in [3.05, 3.63) is 23.8 Å². The third-order valence-corrected chi connectivity index (χ3v) is 3.58. The van der Waals surface area contributed by atoms with Gasteiger partial charge in [0.1, 0.15) is 0 Å². The van der Waals surface area contributed by atoms with Crippen molar-refractivity contribution in [2.45, 2.75) is 19.4 Å². The predicted molar refractivity (Wildman–Crippen MR) is 79.0 cm³/mol. The summed E-state index contributed by atoms with van der Waals surface area (Å²) in [5.41, 5.74) is 1.22. The average Bonchev–Trinajstić information content (AvgIpc) is 2.42. The number of rotatable bonds is 8. The lowest BCUT2D eigenvalue weighted by molar-refractivity contribution is 0.354. The van der Waals surface area contributed by atoms with E-state index in [1.54, 1.807) is 14.2 Å². The molecule has 0 heterocycles. The smallest absolute Gasteiger partial charge is 0.161 e. The second-order valence-electron chi connectivity index (χ2n) is 4.14. The number of hydrogen-bond donors (Lipinski definition) is 1. The molecule has 102 valence electrons. The zero-order chi connectivity index (χ0) is 13.4. The molecule has 0 aliphatic carbocycles. The van der Waals surface area contributed by atoms with Crippen molar-refractivity contribution in [2.75, 3.05) is 32.8 Å². The summed E-state index contributed by atoms with van der Waals surface area (Å²) in [5, 5.41) is 3.51. The molecule has 1 aromatic rings. The van der Waals surface area contributed by atoms with Gasteiger partial charge >= 0.3 is 0 Å². The van der Waals surface area contributed by atoms with Gasteiger partial charge in [0, 0.05) is 6.04 Å². The summed E-state index contributed by atoms with van der Waals surface area (Å²) in [7, 11) is 3.32. The molecule has 1 rings (SSSR count). The fraction of sp³-hybridized carbons (Fsp3) is 0.571. The van der Waals surface area contributed by atoms with Crippen molar-refractivity contribution in [3.63, 3.8) is 0 Å². The van der Waals surface area contributed by atoms with Crippen molar-refractivity contribution in [1.29, 1.82) is 0 Å². The van der Waals surface area contributed by atoms with Crippen LogP contribution in [-0.4, -0.2) is 32.8 Å². The van der Waals surface area contributed by atoms with Crippen LogP contribution in [0, 0.1) is 0 Å². The van der Waals surface area contributed by atoms with Crippen LogP contribution >= 0.6 is 11.8 Å². The van der Waals surface area contributed by atoms with Crippen LogP contribution in [0.15, 0.2) is 18.2 Å². The molecule has 0 aliphatic heterocycles. The molecule has 0 aromatic heterocycles. The van der Waals surface area contributed by atoms with E-state index in [1.165, 1.54) is 17.7 Å². The Morgan fingerprint density at radius 3 is 2.56 bits per heavy atom. The quantitative estimate of drug-likeness (QED) is 0.735. The van der Waals surface area contributed by atoms with E-state index in [4.69, 9.17) is 9.47 Å². The van der Waals surface area contributed by atoms with Crippen LogP contribution in [0.5, 0.6) is 11.5 Å². The van der Waals surface area contributed by atoms with E-state index in [-0.39, 0.29) is 0 Å². The molecule has 0 amide bonds. The minimum Gasteiger partial charge on any atom is -0.493 e. The Morgan fingerprint density at radius 1 is 1.22 bits per heavy atom. The number of nitrogens with one attached hydrogen (secondary N) is 1. The topological polar surface area (TPSA) is 30.5 Å². The molecule has 1 unspecified atom stereocenters. The first-order valence-electron chi connectivity index (χ1n) is 6.17. The van der Waals surface area contributed by atoms with E-state index < -0.39 is 0 Å². The lowest BCUT2D eigenvalue weighted by atomic mass is 10.1. The van der Waals surface area contributed by atoms with E-state index in [2.05, 4.69) is 24.6 Å². The summed E-state index contributed by atoms with van der Waals surface area (Å²) in [6.07, 6.45) is 3.33. The van der Waals surface area contributed by atoms with Gasteiger partial charge in [0.2, 0.25) is 0 Å². The first-order valence-corrected chi connectivity index (χ1v) is 7.56. The number of hydrogen-bond acceptors (Lipinski definition) is 4. The zero-order valence-electron chi connectivity index (χ0n) is 11.7. The SMILES string of the molecule is COc1ccc(C(C)NCCCSC)cc1OC. The Kier molecular flexibility index (Phi) is 6.98. The summed E-state index contributed by atoms with van der Waals surface area (Å²) in [6.45, 7) is 3.21. The lowest BCUT2D eigenvalue weighted by Crippen LogP contribution is -2.20. The van der Waals surface area contributed by atoms with Gasteiger partial charge in [0.15, 0.2) is 11.5 Å². The summed E-state index contributed by atoms with van der Waals surface area (Å²) in [4.78, 5) is 0. The summed E-state index contributed by atoms with van der Waals surface area (Å²) < 4.78 is 10.5. The van der Waals surface area contributed by atoms with Crippen LogP contribution in [0.25, 0.3) is 0 Å². The molecule has 0 aliphatic rings. The fourth-order valence-corrected chi connectivity index (χ4v) is 2.21. The third-order valence-electron chi connectivity index (χ3n) is 2.88. The molecular weight excluding hydrogens is 246 g/mol. The van der Waals surface area contributed by atoms with Gasteiger partial charge in [-0.3, -0.25) is 0 Å². The van der Waals surface area contributed by atoms with Crippen molar-refractivity contribution in [2.24, 2.45) is 0 Å². The predicted octanol–water partition coefficient (Wildman–Crippen LogP) is 3.11. The largest absolute Gasteiger partial charge is 0.493 e. The van der Waals surface area contributed by atoms with Gasteiger partial charge in [-0.2, -0.15) is 11.8 Å². The number of benzene rings is 1. The molecule has 0 fully saturated rings. The van der Waals surface area contributed by atoms with Crippen LogP contribution in [0.4, 0.5) is 0 Å². The molecule has 0 spiro atoms. The van der Waals surface area contributed by atoms with Gasteiger partial charge in [-0.15, -0.1) is 0 Å². The molecular formula is C14H23NO2S. The van der Waals surface area contributed by atoms with Gasteiger partial charge in [0.25, 0.3) is 0 Å². The summed E-state index contributed by atoms with van der Waals surface area (Å²) in [6, 6.07) is 6.39. The van der Waals surface area contributed by atoms with Crippen molar-refractivity contribution < 1.29 is 9.47 Å². The Labute approximate surface area is 114 Å². The Bertz CT molecular complexity index is 358. The summed E-state index contributed by atoms with van der Waals surface area (Å²) >= 11 is 1.88. The second kappa shape index (κ2) is 8.27. The molecule has 0 bridgehead atoms. The van der Waals surface area contributed by atoms with Crippen molar-refractivity contribution in [3.8, 4) is 11.5 Å². The van der Waals surface area contributed by atoms with E-state index in [9.17, 15) is 0 Å². The van der Waals surface area contributed by atoms with Crippen molar-refractivity contribution in [1.82, 2.24) is 5.32 Å². The van der Waals surface area contributed by atoms with Gasteiger partial charge in [-0.25, -0.2) is 0 Å². The highest BCUT2D eigenvalue weighted by Gasteiger charge is 2.09. The van der Waals surface area contributed by atoms with Gasteiger partial charge < -0.3 is 14.8 Å². The lowest BCUT2D eigenvalue weighted by Gasteiger charge is -2.16. The third kappa shape index (κ3) is 4.42. The zero-order valence-corrected chi connectivity index (χ0v) is 12.5. The molecule has 0 saturated carbocycles. The maximum absolute atomic E-state index is 5.31. The molecule has 1 N–H and O–H groups in total. The Morgan fingerprint density at radius 2 is 1.94 bits per heavy atom. The minimum atomic E-state index is 0.326. The molecule has 18 heavy (non-hydrogen) atoms. The highest BCUT2D eigenvalue weighted by atomic mass is 32.2.